The van der Waals surface area contributed by atoms with Gasteiger partial charge in [0.05, 0.1) is 24.7 Å². The second kappa shape index (κ2) is 7.44. The molecule has 0 aromatic heterocycles. The Morgan fingerprint density at radius 2 is 2.19 bits per heavy atom. The van der Waals surface area contributed by atoms with E-state index in [-0.39, 0.29) is 30.9 Å². The average molecular weight is 298 g/mol. The Morgan fingerprint density at radius 3 is 2.67 bits per heavy atom. The number of carbonyl (C=O) groups is 1. The first-order valence-corrected chi connectivity index (χ1v) is 6.33. The Balaban J connectivity index is 3.03. The Morgan fingerprint density at radius 1 is 1.52 bits per heavy atom. The van der Waals surface area contributed by atoms with E-state index in [0.717, 1.165) is 0 Å². The van der Waals surface area contributed by atoms with Crippen LogP contribution in [0, 0.1) is 10.1 Å². The molecule has 1 unspecified atom stereocenters. The van der Waals surface area contributed by atoms with Crippen molar-refractivity contribution in [2.45, 2.75) is 25.8 Å². The van der Waals surface area contributed by atoms with Gasteiger partial charge in [-0.2, -0.15) is 0 Å². The van der Waals surface area contributed by atoms with Crippen LogP contribution in [0.2, 0.25) is 0 Å². The van der Waals surface area contributed by atoms with Crippen LogP contribution in [0.4, 0.5) is 5.69 Å². The van der Waals surface area contributed by atoms with E-state index in [1.807, 2.05) is 0 Å². The van der Waals surface area contributed by atoms with Crippen molar-refractivity contribution in [2.24, 2.45) is 5.73 Å². The first kappa shape index (κ1) is 16.7. The number of non-ortho nitro benzene ring substituents is 1. The summed E-state index contributed by atoms with van der Waals surface area (Å²) in [6, 6.07) is 2.11. The lowest BCUT2D eigenvalue weighted by Crippen LogP contribution is -2.10. The van der Waals surface area contributed by atoms with E-state index in [9.17, 15) is 14.9 Å². The average Bonchev–Trinajstić information content (AvgIpc) is 2.41. The maximum absolute atomic E-state index is 10.9. The van der Waals surface area contributed by atoms with E-state index in [0.29, 0.717) is 11.3 Å². The fourth-order valence-corrected chi connectivity index (χ4v) is 1.78. The molecule has 0 aliphatic carbocycles. The van der Waals surface area contributed by atoms with Crippen LogP contribution in [0.15, 0.2) is 12.1 Å². The third kappa shape index (κ3) is 4.60. The van der Waals surface area contributed by atoms with Crippen molar-refractivity contribution in [3.05, 3.63) is 27.8 Å². The Hall–Kier alpha value is -2.35. The number of nitro benzene ring substituents is 1. The molecule has 8 nitrogen and oxygen atoms in total. The summed E-state index contributed by atoms with van der Waals surface area (Å²) in [4.78, 5) is 20.8. The maximum atomic E-state index is 10.9. The van der Waals surface area contributed by atoms with E-state index in [1.54, 1.807) is 6.92 Å². The zero-order chi connectivity index (χ0) is 16.0. The summed E-state index contributed by atoms with van der Waals surface area (Å²) in [5.41, 5.74) is 6.09. The monoisotopic (exact) mass is 298 g/mol. The van der Waals surface area contributed by atoms with Gasteiger partial charge in [-0.3, -0.25) is 14.9 Å². The molecule has 0 spiro atoms. The van der Waals surface area contributed by atoms with Crippen molar-refractivity contribution in [1.29, 1.82) is 0 Å². The largest absolute Gasteiger partial charge is 0.493 e. The first-order chi connectivity index (χ1) is 9.86. The lowest BCUT2D eigenvalue weighted by Gasteiger charge is -2.16. The minimum Gasteiger partial charge on any atom is -0.493 e. The van der Waals surface area contributed by atoms with Crippen molar-refractivity contribution in [1.82, 2.24) is 0 Å². The van der Waals surface area contributed by atoms with E-state index >= 15 is 0 Å². The van der Waals surface area contributed by atoms with Crippen LogP contribution in [-0.2, 0) is 4.79 Å². The van der Waals surface area contributed by atoms with Gasteiger partial charge in [-0.25, -0.2) is 0 Å². The number of hydrogen-bond donors (Lipinski definition) is 2. The van der Waals surface area contributed by atoms with Gasteiger partial charge >= 0.3 is 5.97 Å². The van der Waals surface area contributed by atoms with Gasteiger partial charge in [-0.05, 0) is 13.3 Å². The number of carboxylic acid groups (broad SMARTS) is 1. The number of nitro groups is 1. The highest BCUT2D eigenvalue weighted by atomic mass is 16.6. The summed E-state index contributed by atoms with van der Waals surface area (Å²) in [7, 11) is 1.41. The first-order valence-electron chi connectivity index (χ1n) is 6.33. The van der Waals surface area contributed by atoms with Gasteiger partial charge < -0.3 is 20.3 Å². The molecule has 21 heavy (non-hydrogen) atoms. The molecule has 8 heteroatoms. The third-order valence-corrected chi connectivity index (χ3v) is 2.77. The van der Waals surface area contributed by atoms with Crippen LogP contribution in [-0.4, -0.2) is 29.7 Å². The second-order valence-corrected chi connectivity index (χ2v) is 4.46. The highest BCUT2D eigenvalue weighted by Crippen LogP contribution is 2.38. The molecule has 0 amide bonds. The van der Waals surface area contributed by atoms with Crippen molar-refractivity contribution < 1.29 is 24.3 Å². The van der Waals surface area contributed by atoms with Crippen LogP contribution in [0.1, 0.15) is 31.4 Å². The number of ether oxygens (including phenoxy) is 2. The summed E-state index contributed by atoms with van der Waals surface area (Å²) in [6.45, 7) is 1.79. The zero-order valence-electron chi connectivity index (χ0n) is 11.9. The van der Waals surface area contributed by atoms with Crippen LogP contribution in [0.5, 0.6) is 11.5 Å². The summed E-state index contributed by atoms with van der Waals surface area (Å²) in [6.07, 6.45) is 0.242. The molecule has 0 aliphatic heterocycles. The topological polar surface area (TPSA) is 125 Å². The molecule has 0 aliphatic rings. The van der Waals surface area contributed by atoms with Crippen molar-refractivity contribution in [3.63, 3.8) is 0 Å². The lowest BCUT2D eigenvalue weighted by atomic mass is 10.1. The number of carboxylic acids is 1. The molecule has 0 bridgehead atoms. The predicted octanol–water partition coefficient (Wildman–Crippen LogP) is 1.87. The normalized spacial score (nSPS) is 11.8. The van der Waals surface area contributed by atoms with Crippen molar-refractivity contribution >= 4 is 11.7 Å². The maximum Gasteiger partial charge on any atom is 0.303 e. The second-order valence-electron chi connectivity index (χ2n) is 4.46. The molecule has 0 heterocycles. The number of benzene rings is 1. The Labute approximate surface area is 121 Å². The lowest BCUT2D eigenvalue weighted by molar-refractivity contribution is -0.385. The predicted molar refractivity (Wildman–Crippen MR) is 74.6 cm³/mol. The number of rotatable bonds is 8. The smallest absolute Gasteiger partial charge is 0.303 e. The van der Waals surface area contributed by atoms with Gasteiger partial charge in [0, 0.05) is 24.1 Å². The molecule has 1 aromatic carbocycles. The summed E-state index contributed by atoms with van der Waals surface area (Å²) in [5.74, 6) is -0.420. The van der Waals surface area contributed by atoms with E-state index in [1.165, 1.54) is 19.2 Å². The number of hydrogen-bond acceptors (Lipinski definition) is 6. The number of aliphatic carboxylic acids is 1. The Kier molecular flexibility index (Phi) is 5.92. The minimum absolute atomic E-state index is 0.0443. The molecular weight excluding hydrogens is 280 g/mol. The molecule has 0 fully saturated rings. The van der Waals surface area contributed by atoms with E-state index < -0.39 is 16.9 Å². The molecule has 0 saturated heterocycles. The van der Waals surface area contributed by atoms with Crippen LogP contribution >= 0.6 is 0 Å². The summed E-state index contributed by atoms with van der Waals surface area (Å²) >= 11 is 0. The molecule has 0 radical (unpaired) electrons. The molecular formula is C13H18N2O6. The molecule has 3 N–H and O–H groups in total. The minimum atomic E-state index is -0.930. The number of methoxy groups -OCH3 is 1. The van der Waals surface area contributed by atoms with Gasteiger partial charge in [0.25, 0.3) is 5.69 Å². The molecule has 1 atom stereocenters. The van der Waals surface area contributed by atoms with Gasteiger partial charge in [0.15, 0.2) is 11.5 Å². The summed E-state index contributed by atoms with van der Waals surface area (Å²) in [5, 5.41) is 19.5. The molecule has 1 aromatic rings. The van der Waals surface area contributed by atoms with Crippen molar-refractivity contribution in [2.75, 3.05) is 13.7 Å². The van der Waals surface area contributed by atoms with E-state index in [2.05, 4.69) is 0 Å². The molecule has 1 rings (SSSR count). The third-order valence-electron chi connectivity index (χ3n) is 2.77. The fourth-order valence-electron chi connectivity index (χ4n) is 1.78. The fraction of sp³-hybridized carbons (Fsp3) is 0.462. The summed E-state index contributed by atoms with van der Waals surface area (Å²) < 4.78 is 10.6. The van der Waals surface area contributed by atoms with E-state index in [4.69, 9.17) is 20.3 Å². The van der Waals surface area contributed by atoms with Crippen LogP contribution in [0.3, 0.4) is 0 Å². The van der Waals surface area contributed by atoms with Gasteiger partial charge in [-0.1, -0.05) is 0 Å². The van der Waals surface area contributed by atoms with Gasteiger partial charge in [-0.15, -0.1) is 0 Å². The highest BCUT2D eigenvalue weighted by Gasteiger charge is 2.20. The molecule has 116 valence electrons. The number of nitrogens with zero attached hydrogens (tertiary/aromatic N) is 1. The van der Waals surface area contributed by atoms with Crippen molar-refractivity contribution in [3.8, 4) is 11.5 Å². The van der Waals surface area contributed by atoms with Crippen LogP contribution in [0.25, 0.3) is 0 Å². The van der Waals surface area contributed by atoms with Gasteiger partial charge in [0.1, 0.15) is 0 Å². The quantitative estimate of drug-likeness (QED) is 0.426. The molecule has 0 saturated carbocycles. The highest BCUT2D eigenvalue weighted by molar-refractivity contribution is 5.66. The van der Waals surface area contributed by atoms with Crippen LogP contribution < -0.4 is 15.2 Å². The Bertz CT molecular complexity index is 530. The number of nitrogens with two attached hydrogens (primary N) is 1. The SMILES string of the molecule is COc1c(OCCCC(=O)O)cc([N+](=O)[O-])cc1C(C)N. The van der Waals surface area contributed by atoms with Gasteiger partial charge in [0.2, 0.25) is 0 Å². The zero-order valence-corrected chi connectivity index (χ0v) is 11.9. The standard InChI is InChI=1S/C13H18N2O6/c1-8(14)10-6-9(15(18)19)7-11(13(10)20-2)21-5-3-4-12(16)17/h6-8H,3-5,14H2,1-2H3,(H,16,17).